The number of halogens is 6. The topological polar surface area (TPSA) is 20.3 Å². The standard InChI is InChI=1S/C11H9BrClF4NO/c12-3-4-18(6-11(15,16)17)10(19)7-1-2-9(14)8(13)5-7/h1-2,5H,3-4,6H2. The Morgan fingerprint density at radius 2 is 2.00 bits per heavy atom. The van der Waals surface area contributed by atoms with E-state index in [9.17, 15) is 22.4 Å². The van der Waals surface area contributed by atoms with Crippen LogP contribution in [0.3, 0.4) is 0 Å². The molecule has 1 aromatic rings. The lowest BCUT2D eigenvalue weighted by Gasteiger charge is -2.23. The van der Waals surface area contributed by atoms with Crippen LogP contribution < -0.4 is 0 Å². The first-order chi connectivity index (χ1) is 8.74. The predicted molar refractivity (Wildman–Crippen MR) is 67.2 cm³/mol. The van der Waals surface area contributed by atoms with E-state index in [1.807, 2.05) is 0 Å². The van der Waals surface area contributed by atoms with Gasteiger partial charge in [0.1, 0.15) is 12.4 Å². The van der Waals surface area contributed by atoms with Crippen molar-refractivity contribution in [2.24, 2.45) is 0 Å². The molecule has 0 heterocycles. The number of hydrogen-bond acceptors (Lipinski definition) is 1. The summed E-state index contributed by atoms with van der Waals surface area (Å²) in [7, 11) is 0. The summed E-state index contributed by atoms with van der Waals surface area (Å²) in [6.07, 6.45) is -4.50. The van der Waals surface area contributed by atoms with E-state index < -0.39 is 24.4 Å². The summed E-state index contributed by atoms with van der Waals surface area (Å²) >= 11 is 8.47. The van der Waals surface area contributed by atoms with Crippen LogP contribution in [0.15, 0.2) is 18.2 Å². The highest BCUT2D eigenvalue weighted by Crippen LogP contribution is 2.21. The summed E-state index contributed by atoms with van der Waals surface area (Å²) < 4.78 is 50.0. The largest absolute Gasteiger partial charge is 0.406 e. The molecule has 1 aromatic carbocycles. The van der Waals surface area contributed by atoms with E-state index in [0.717, 1.165) is 18.2 Å². The number of amides is 1. The van der Waals surface area contributed by atoms with Crippen molar-refractivity contribution < 1.29 is 22.4 Å². The van der Waals surface area contributed by atoms with Crippen LogP contribution in [-0.2, 0) is 0 Å². The van der Waals surface area contributed by atoms with E-state index in [0.29, 0.717) is 4.90 Å². The molecule has 1 amide bonds. The molecule has 0 N–H and O–H groups in total. The molecular formula is C11H9BrClF4NO. The van der Waals surface area contributed by atoms with Gasteiger partial charge in [-0.3, -0.25) is 4.79 Å². The van der Waals surface area contributed by atoms with Crippen molar-refractivity contribution in [3.8, 4) is 0 Å². The Kier molecular flexibility index (Phi) is 5.61. The molecule has 0 bridgehead atoms. The first-order valence-electron chi connectivity index (χ1n) is 5.11. The fourth-order valence-corrected chi connectivity index (χ4v) is 1.99. The SMILES string of the molecule is O=C(c1ccc(F)c(Cl)c1)N(CCBr)CC(F)(F)F. The lowest BCUT2D eigenvalue weighted by Crippen LogP contribution is -2.40. The van der Waals surface area contributed by atoms with E-state index in [2.05, 4.69) is 15.9 Å². The number of carbonyl (C=O) groups is 1. The second-order valence-corrected chi connectivity index (χ2v) is 4.86. The van der Waals surface area contributed by atoms with Crippen LogP contribution in [0, 0.1) is 5.82 Å². The third kappa shape index (κ3) is 4.99. The summed E-state index contributed by atoms with van der Waals surface area (Å²) in [4.78, 5) is 12.5. The summed E-state index contributed by atoms with van der Waals surface area (Å²) in [6.45, 7) is -1.49. The molecule has 0 aromatic heterocycles. The summed E-state index contributed by atoms with van der Waals surface area (Å²) in [5, 5.41) is -0.110. The van der Waals surface area contributed by atoms with Crippen LogP contribution in [0.5, 0.6) is 0 Å². The van der Waals surface area contributed by atoms with E-state index in [1.54, 1.807) is 0 Å². The Balaban J connectivity index is 2.95. The van der Waals surface area contributed by atoms with Crippen LogP contribution in [-0.4, -0.2) is 35.4 Å². The summed E-state index contributed by atoms with van der Waals surface area (Å²) in [5.74, 6) is -1.58. The van der Waals surface area contributed by atoms with Crippen LogP contribution in [0.1, 0.15) is 10.4 Å². The third-order valence-electron chi connectivity index (χ3n) is 2.18. The van der Waals surface area contributed by atoms with Crippen molar-refractivity contribution in [3.63, 3.8) is 0 Å². The van der Waals surface area contributed by atoms with Gasteiger partial charge in [0, 0.05) is 17.4 Å². The smallest absolute Gasteiger partial charge is 0.329 e. The second-order valence-electron chi connectivity index (χ2n) is 3.66. The van der Waals surface area contributed by atoms with Crippen molar-refractivity contribution >= 4 is 33.4 Å². The number of benzene rings is 1. The molecule has 0 fully saturated rings. The molecule has 106 valence electrons. The molecule has 0 aliphatic carbocycles. The molecule has 0 aliphatic rings. The molecule has 0 radical (unpaired) electrons. The maximum atomic E-state index is 12.9. The summed E-state index contributed by atoms with van der Waals surface area (Å²) in [6, 6.07) is 3.05. The fraction of sp³-hybridized carbons (Fsp3) is 0.364. The first-order valence-corrected chi connectivity index (χ1v) is 6.61. The van der Waals surface area contributed by atoms with Gasteiger partial charge < -0.3 is 4.90 Å². The molecule has 19 heavy (non-hydrogen) atoms. The van der Waals surface area contributed by atoms with Gasteiger partial charge in [-0.15, -0.1) is 0 Å². The van der Waals surface area contributed by atoms with Crippen molar-refractivity contribution in [1.82, 2.24) is 4.90 Å². The maximum Gasteiger partial charge on any atom is 0.406 e. The van der Waals surface area contributed by atoms with Crippen LogP contribution >= 0.6 is 27.5 Å². The molecule has 1 rings (SSSR count). The van der Waals surface area contributed by atoms with E-state index in [-0.39, 0.29) is 22.5 Å². The van der Waals surface area contributed by atoms with Gasteiger partial charge in [0.15, 0.2) is 0 Å². The Bertz CT molecular complexity index is 466. The van der Waals surface area contributed by atoms with E-state index in [1.165, 1.54) is 0 Å². The van der Waals surface area contributed by atoms with Gasteiger partial charge in [-0.25, -0.2) is 4.39 Å². The van der Waals surface area contributed by atoms with Crippen LogP contribution in [0.25, 0.3) is 0 Å². The lowest BCUT2D eigenvalue weighted by molar-refractivity contribution is -0.140. The molecule has 2 nitrogen and oxygen atoms in total. The molecule has 0 saturated heterocycles. The monoisotopic (exact) mass is 361 g/mol. The van der Waals surface area contributed by atoms with E-state index in [4.69, 9.17) is 11.6 Å². The Morgan fingerprint density at radius 1 is 1.37 bits per heavy atom. The highest BCUT2D eigenvalue weighted by molar-refractivity contribution is 9.09. The number of hydrogen-bond donors (Lipinski definition) is 0. The van der Waals surface area contributed by atoms with Crippen molar-refractivity contribution in [2.75, 3.05) is 18.4 Å². The second kappa shape index (κ2) is 6.56. The van der Waals surface area contributed by atoms with Crippen molar-refractivity contribution in [2.45, 2.75) is 6.18 Å². The quantitative estimate of drug-likeness (QED) is 0.588. The zero-order valence-corrected chi connectivity index (χ0v) is 11.8. The summed E-state index contributed by atoms with van der Waals surface area (Å²) in [5.41, 5.74) is -0.0865. The maximum absolute atomic E-state index is 12.9. The predicted octanol–water partition coefficient (Wildman–Crippen LogP) is 3.88. The van der Waals surface area contributed by atoms with Gasteiger partial charge >= 0.3 is 6.18 Å². The highest BCUT2D eigenvalue weighted by atomic mass is 79.9. The Morgan fingerprint density at radius 3 is 2.47 bits per heavy atom. The molecule has 0 atom stereocenters. The minimum absolute atomic E-state index is 0.0865. The van der Waals surface area contributed by atoms with Gasteiger partial charge in [0.2, 0.25) is 0 Å². The number of nitrogens with zero attached hydrogens (tertiary/aromatic N) is 1. The molecule has 0 unspecified atom stereocenters. The number of carbonyl (C=O) groups excluding carboxylic acids is 1. The lowest BCUT2D eigenvalue weighted by atomic mass is 10.2. The zero-order valence-electron chi connectivity index (χ0n) is 9.48. The molecule has 0 spiro atoms. The molecule has 8 heteroatoms. The molecule has 0 aliphatic heterocycles. The van der Waals surface area contributed by atoms with Crippen molar-refractivity contribution in [1.29, 1.82) is 0 Å². The van der Waals surface area contributed by atoms with E-state index >= 15 is 0 Å². The minimum atomic E-state index is -4.50. The van der Waals surface area contributed by atoms with Crippen molar-refractivity contribution in [3.05, 3.63) is 34.6 Å². The van der Waals surface area contributed by atoms with Crippen LogP contribution in [0.2, 0.25) is 5.02 Å². The first kappa shape index (κ1) is 16.2. The fourth-order valence-electron chi connectivity index (χ4n) is 1.38. The molecular weight excluding hydrogens is 353 g/mol. The number of rotatable bonds is 4. The highest BCUT2D eigenvalue weighted by Gasteiger charge is 2.33. The van der Waals surface area contributed by atoms with Gasteiger partial charge in [0.25, 0.3) is 5.91 Å². The average molecular weight is 363 g/mol. The molecule has 0 saturated carbocycles. The zero-order chi connectivity index (χ0) is 14.6. The van der Waals surface area contributed by atoms with Gasteiger partial charge in [-0.1, -0.05) is 27.5 Å². The van der Waals surface area contributed by atoms with Gasteiger partial charge in [-0.2, -0.15) is 13.2 Å². The minimum Gasteiger partial charge on any atom is -0.329 e. The van der Waals surface area contributed by atoms with Gasteiger partial charge in [0.05, 0.1) is 5.02 Å². The average Bonchev–Trinajstić information content (AvgIpc) is 2.29. The van der Waals surface area contributed by atoms with Crippen LogP contribution in [0.4, 0.5) is 17.6 Å². The Hall–Kier alpha value is -0.820. The Labute approximate surface area is 120 Å². The van der Waals surface area contributed by atoms with Gasteiger partial charge in [-0.05, 0) is 18.2 Å². The third-order valence-corrected chi connectivity index (χ3v) is 2.82. The normalized spacial score (nSPS) is 11.5. The number of alkyl halides is 4.